The van der Waals surface area contributed by atoms with Gasteiger partial charge in [0.2, 0.25) is 0 Å². The SMILES string of the molecule is N#Cc1ccc(-c2ccc(CCCCCCCCCc3ccc(-c4ccc(C#N)cc4)c(F)c3)cc2F)cc1. The van der Waals surface area contributed by atoms with Gasteiger partial charge in [-0.05, 0) is 84.3 Å². The Morgan fingerprint density at radius 2 is 0.821 bits per heavy atom. The lowest BCUT2D eigenvalue weighted by molar-refractivity contribution is 0.576. The first kappa shape index (κ1) is 27.7. The van der Waals surface area contributed by atoms with Gasteiger partial charge in [0.25, 0.3) is 0 Å². The molecule has 4 rings (SSSR count). The molecule has 4 heteroatoms. The topological polar surface area (TPSA) is 47.6 Å². The highest BCUT2D eigenvalue weighted by atomic mass is 19.1. The van der Waals surface area contributed by atoms with E-state index < -0.39 is 0 Å². The summed E-state index contributed by atoms with van der Waals surface area (Å²) in [4.78, 5) is 0. The molecule has 0 unspecified atom stereocenters. The van der Waals surface area contributed by atoms with Crippen molar-refractivity contribution in [3.8, 4) is 34.4 Å². The first-order valence-corrected chi connectivity index (χ1v) is 13.7. The predicted molar refractivity (Wildman–Crippen MR) is 153 cm³/mol. The summed E-state index contributed by atoms with van der Waals surface area (Å²) in [5.74, 6) is -0.443. The zero-order valence-electron chi connectivity index (χ0n) is 22.1. The molecule has 0 fully saturated rings. The van der Waals surface area contributed by atoms with Gasteiger partial charge in [0.1, 0.15) is 11.6 Å². The van der Waals surface area contributed by atoms with Gasteiger partial charge >= 0.3 is 0 Å². The second kappa shape index (κ2) is 14.0. The fourth-order valence-electron chi connectivity index (χ4n) is 4.89. The van der Waals surface area contributed by atoms with Crippen molar-refractivity contribution in [1.29, 1.82) is 10.5 Å². The number of nitrogens with zero attached hydrogens (tertiary/aromatic N) is 2. The molecule has 0 atom stereocenters. The van der Waals surface area contributed by atoms with Crippen LogP contribution in [0.5, 0.6) is 0 Å². The van der Waals surface area contributed by atoms with Crippen molar-refractivity contribution in [3.05, 3.63) is 119 Å². The van der Waals surface area contributed by atoms with E-state index >= 15 is 0 Å². The van der Waals surface area contributed by atoms with E-state index in [0.717, 1.165) is 60.8 Å². The highest BCUT2D eigenvalue weighted by Crippen LogP contribution is 2.26. The molecule has 0 aliphatic carbocycles. The lowest BCUT2D eigenvalue weighted by Crippen LogP contribution is -1.92. The van der Waals surface area contributed by atoms with Crippen molar-refractivity contribution >= 4 is 0 Å². The molecule has 0 heterocycles. The molecule has 0 aliphatic heterocycles. The monoisotopic (exact) mass is 518 g/mol. The minimum Gasteiger partial charge on any atom is -0.206 e. The van der Waals surface area contributed by atoms with E-state index in [1.165, 1.54) is 19.3 Å². The average molecular weight is 519 g/mol. The number of hydrogen-bond donors (Lipinski definition) is 0. The Morgan fingerprint density at radius 1 is 0.462 bits per heavy atom. The number of benzene rings is 4. The summed E-state index contributed by atoms with van der Waals surface area (Å²) in [6.45, 7) is 0. The Bertz CT molecular complexity index is 1350. The quantitative estimate of drug-likeness (QED) is 0.175. The van der Waals surface area contributed by atoms with E-state index in [4.69, 9.17) is 10.5 Å². The maximum atomic E-state index is 14.6. The maximum Gasteiger partial charge on any atom is 0.131 e. The van der Waals surface area contributed by atoms with Gasteiger partial charge in [-0.25, -0.2) is 8.78 Å². The lowest BCUT2D eigenvalue weighted by Gasteiger charge is -2.08. The molecule has 0 aliphatic rings. The van der Waals surface area contributed by atoms with E-state index in [0.29, 0.717) is 22.3 Å². The minimum atomic E-state index is -0.221. The van der Waals surface area contributed by atoms with Crippen LogP contribution < -0.4 is 0 Å². The van der Waals surface area contributed by atoms with Crippen LogP contribution in [-0.2, 0) is 12.8 Å². The largest absolute Gasteiger partial charge is 0.206 e. The van der Waals surface area contributed by atoms with Crippen LogP contribution in [0.2, 0.25) is 0 Å². The fourth-order valence-corrected chi connectivity index (χ4v) is 4.89. The van der Waals surface area contributed by atoms with E-state index in [2.05, 4.69) is 12.1 Å². The van der Waals surface area contributed by atoms with Gasteiger partial charge in [-0.2, -0.15) is 10.5 Å². The third-order valence-electron chi connectivity index (χ3n) is 7.15. The zero-order chi connectivity index (χ0) is 27.5. The molecule has 2 nitrogen and oxygen atoms in total. The Kier molecular flexibility index (Phi) is 9.98. The van der Waals surface area contributed by atoms with Crippen molar-refractivity contribution in [2.24, 2.45) is 0 Å². The van der Waals surface area contributed by atoms with Gasteiger partial charge in [-0.3, -0.25) is 0 Å². The third-order valence-corrected chi connectivity index (χ3v) is 7.15. The maximum absolute atomic E-state index is 14.6. The second-order valence-electron chi connectivity index (χ2n) is 9.98. The van der Waals surface area contributed by atoms with Crippen LogP contribution in [0, 0.1) is 34.3 Å². The van der Waals surface area contributed by atoms with Crippen molar-refractivity contribution in [2.45, 2.75) is 57.8 Å². The van der Waals surface area contributed by atoms with E-state index in [1.54, 1.807) is 60.7 Å². The zero-order valence-corrected chi connectivity index (χ0v) is 22.1. The smallest absolute Gasteiger partial charge is 0.131 e. The molecular weight excluding hydrogens is 486 g/mol. The van der Waals surface area contributed by atoms with Gasteiger partial charge in [-0.15, -0.1) is 0 Å². The van der Waals surface area contributed by atoms with Crippen molar-refractivity contribution < 1.29 is 8.78 Å². The molecule has 196 valence electrons. The van der Waals surface area contributed by atoms with Crippen LogP contribution in [0.1, 0.15) is 67.2 Å². The number of rotatable bonds is 12. The fraction of sp³-hybridized carbons (Fsp3) is 0.257. The predicted octanol–water partition coefficient (Wildman–Crippen LogP) is 9.56. The number of nitriles is 2. The normalized spacial score (nSPS) is 10.7. The number of aryl methyl sites for hydroxylation is 2. The van der Waals surface area contributed by atoms with Crippen molar-refractivity contribution in [2.75, 3.05) is 0 Å². The standard InChI is InChI=1S/C35H32F2N2/c36-34-22-26(14-20-32(34)30-16-10-28(24-38)11-17-30)8-6-4-2-1-3-5-7-9-27-15-21-33(35(37)23-27)31-18-12-29(25-39)13-19-31/h10-23H,1-9H2. The highest BCUT2D eigenvalue weighted by molar-refractivity contribution is 5.66. The molecule has 0 saturated heterocycles. The lowest BCUT2D eigenvalue weighted by atomic mass is 9.98. The average Bonchev–Trinajstić information content (AvgIpc) is 2.96. The van der Waals surface area contributed by atoms with Crippen molar-refractivity contribution in [1.82, 2.24) is 0 Å². The molecule has 39 heavy (non-hydrogen) atoms. The molecule has 0 bridgehead atoms. The van der Waals surface area contributed by atoms with E-state index in [9.17, 15) is 8.78 Å². The Labute approximate surface area is 230 Å². The van der Waals surface area contributed by atoms with E-state index in [-0.39, 0.29) is 11.6 Å². The minimum absolute atomic E-state index is 0.221. The Hall–Kier alpha value is -4.28. The molecule has 0 radical (unpaired) electrons. The van der Waals surface area contributed by atoms with Gasteiger partial charge in [0.15, 0.2) is 0 Å². The van der Waals surface area contributed by atoms with E-state index in [1.807, 2.05) is 24.3 Å². The van der Waals surface area contributed by atoms with Crippen LogP contribution in [0.25, 0.3) is 22.3 Å². The summed E-state index contributed by atoms with van der Waals surface area (Å²) >= 11 is 0. The van der Waals surface area contributed by atoms with Crippen LogP contribution >= 0.6 is 0 Å². The third kappa shape index (κ3) is 7.86. The highest BCUT2D eigenvalue weighted by Gasteiger charge is 2.08. The summed E-state index contributed by atoms with van der Waals surface area (Å²) in [5, 5.41) is 17.8. The first-order valence-electron chi connectivity index (χ1n) is 13.7. The van der Waals surface area contributed by atoms with Crippen LogP contribution in [0.3, 0.4) is 0 Å². The summed E-state index contributed by atoms with van der Waals surface area (Å²) in [7, 11) is 0. The second-order valence-corrected chi connectivity index (χ2v) is 9.98. The van der Waals surface area contributed by atoms with Gasteiger partial charge in [0, 0.05) is 11.1 Å². The number of halogens is 2. The first-order chi connectivity index (χ1) is 19.1. The van der Waals surface area contributed by atoms with Gasteiger partial charge < -0.3 is 0 Å². The summed E-state index contributed by atoms with van der Waals surface area (Å²) in [6, 6.07) is 29.0. The molecule has 0 aromatic heterocycles. The number of unbranched alkanes of at least 4 members (excludes halogenated alkanes) is 6. The molecular formula is C35H32F2N2. The van der Waals surface area contributed by atoms with Crippen LogP contribution in [0.4, 0.5) is 8.78 Å². The molecule has 0 saturated carbocycles. The summed E-state index contributed by atoms with van der Waals surface area (Å²) in [5.41, 5.74) is 5.85. The molecule has 4 aromatic carbocycles. The van der Waals surface area contributed by atoms with Crippen molar-refractivity contribution in [3.63, 3.8) is 0 Å². The molecule has 0 N–H and O–H groups in total. The Morgan fingerprint density at radius 3 is 1.15 bits per heavy atom. The van der Waals surface area contributed by atoms with Gasteiger partial charge in [0.05, 0.1) is 23.3 Å². The van der Waals surface area contributed by atoms with Gasteiger partial charge in [-0.1, -0.05) is 80.6 Å². The Balaban J connectivity index is 1.11. The molecule has 0 spiro atoms. The summed E-state index contributed by atoms with van der Waals surface area (Å²) < 4.78 is 29.3. The summed E-state index contributed by atoms with van der Waals surface area (Å²) in [6.07, 6.45) is 9.59. The van der Waals surface area contributed by atoms with Crippen LogP contribution in [-0.4, -0.2) is 0 Å². The molecule has 4 aromatic rings. The number of hydrogen-bond acceptors (Lipinski definition) is 2. The van der Waals surface area contributed by atoms with Crippen LogP contribution in [0.15, 0.2) is 84.9 Å². The molecule has 0 amide bonds.